The third kappa shape index (κ3) is 11.8. The molecule has 2 radical (unpaired) electrons. The van der Waals surface area contributed by atoms with Gasteiger partial charge in [-0.15, -0.1) is 0 Å². The molecule has 0 aliphatic carbocycles. The Morgan fingerprint density at radius 2 is 1.14 bits per heavy atom. The Labute approximate surface area is 340 Å². The Balaban J connectivity index is 0.000000367. The molecular formula is C42H36Ga2N4O8. The molecule has 0 N–H and O–H groups in total. The van der Waals surface area contributed by atoms with Crippen LogP contribution in [0.25, 0.3) is 21.5 Å². The molecule has 7 rings (SSSR count). The predicted molar refractivity (Wildman–Crippen MR) is 215 cm³/mol. The van der Waals surface area contributed by atoms with Crippen molar-refractivity contribution in [3.63, 3.8) is 0 Å². The first kappa shape index (κ1) is 41.4. The average molecular weight is 864 g/mol. The van der Waals surface area contributed by atoms with Gasteiger partial charge >= 0.3 is 259 Å². The Bertz CT molecular complexity index is 2400. The number of azo groups is 2. The molecule has 6 aromatic rings. The molecule has 6 aromatic carbocycles. The summed E-state index contributed by atoms with van der Waals surface area (Å²) in [5.74, 6) is 2.01. The second kappa shape index (κ2) is 20.2. The SMILES string of the molecule is CC(=O)CC(C)=O.CC(=O)CC(C)=O.[Ga][O]c1cc2ccccc2cc1N=Nc1ccccc1[O][Ga]1[O]c2ccccc2N=Nc2c(ccc3ccccc23)[O]1. The van der Waals surface area contributed by atoms with Crippen LogP contribution in [0.1, 0.15) is 40.5 Å². The van der Waals surface area contributed by atoms with E-state index in [1.165, 1.54) is 27.7 Å². The zero-order valence-corrected chi connectivity index (χ0v) is 36.0. The normalized spacial score (nSPS) is 11.5. The van der Waals surface area contributed by atoms with Gasteiger partial charge in [0.2, 0.25) is 0 Å². The van der Waals surface area contributed by atoms with E-state index in [-0.39, 0.29) is 36.0 Å². The van der Waals surface area contributed by atoms with Crippen LogP contribution in [0.15, 0.2) is 142 Å². The maximum atomic E-state index is 10.0. The van der Waals surface area contributed by atoms with Crippen LogP contribution in [0, 0.1) is 0 Å². The van der Waals surface area contributed by atoms with Crippen LogP contribution in [0.3, 0.4) is 0 Å². The molecule has 1 aliphatic heterocycles. The predicted octanol–water partition coefficient (Wildman–Crippen LogP) is 10.2. The summed E-state index contributed by atoms with van der Waals surface area (Å²) in [6, 6.07) is 38.8. The molecule has 0 fully saturated rings. The summed E-state index contributed by atoms with van der Waals surface area (Å²) in [6.07, 6.45) is 0.167. The molecule has 0 bridgehead atoms. The molecule has 1 heterocycles. The molecule has 0 saturated heterocycles. The summed E-state index contributed by atoms with van der Waals surface area (Å²) in [5.41, 5.74) is 2.39. The fourth-order valence-electron chi connectivity index (χ4n) is 5.39. The van der Waals surface area contributed by atoms with E-state index < -0.39 is 17.3 Å². The van der Waals surface area contributed by atoms with Gasteiger partial charge in [-0.05, 0) is 27.7 Å². The van der Waals surface area contributed by atoms with Crippen LogP contribution >= 0.6 is 0 Å². The van der Waals surface area contributed by atoms with Crippen molar-refractivity contribution >= 4 is 104 Å². The average Bonchev–Trinajstić information content (AvgIpc) is 3.24. The van der Waals surface area contributed by atoms with Gasteiger partial charge in [-0.1, -0.05) is 0 Å². The van der Waals surface area contributed by atoms with Crippen LogP contribution < -0.4 is 14.1 Å². The van der Waals surface area contributed by atoms with Gasteiger partial charge in [-0.2, -0.15) is 0 Å². The molecule has 0 unspecified atom stereocenters. The van der Waals surface area contributed by atoms with Crippen molar-refractivity contribution in [3.8, 4) is 23.0 Å². The summed E-state index contributed by atoms with van der Waals surface area (Å²) in [4.78, 5) is 40.1. The van der Waals surface area contributed by atoms with Gasteiger partial charge in [-0.3, -0.25) is 19.2 Å². The van der Waals surface area contributed by atoms with E-state index in [0.717, 1.165) is 40.5 Å². The molecule has 0 spiro atoms. The Kier molecular flexibility index (Phi) is 14.9. The number of fused-ring (bicyclic) bond motifs is 5. The topological polar surface area (TPSA) is 155 Å². The number of para-hydroxylation sites is 2. The van der Waals surface area contributed by atoms with Crippen LogP contribution in [-0.4, -0.2) is 59.4 Å². The van der Waals surface area contributed by atoms with Crippen molar-refractivity contribution in [2.45, 2.75) is 40.5 Å². The summed E-state index contributed by atoms with van der Waals surface area (Å²) < 4.78 is 25.0. The number of carbonyl (C=O) groups is 4. The minimum atomic E-state index is -3.54. The first-order valence-electron chi connectivity index (χ1n) is 17.4. The molecule has 0 saturated carbocycles. The fraction of sp³-hybridized carbons (Fsp3) is 0.143. The van der Waals surface area contributed by atoms with E-state index in [9.17, 15) is 19.2 Å². The van der Waals surface area contributed by atoms with Crippen LogP contribution in [0.5, 0.6) is 23.0 Å². The number of nitrogens with zero attached hydrogens (tertiary/aromatic N) is 4. The van der Waals surface area contributed by atoms with Gasteiger partial charge in [0, 0.05) is 0 Å². The molecule has 12 nitrogen and oxygen atoms in total. The standard InChI is InChI=1S/2C16H12N2O2.2C5H8O2.2Ga/c19-15-8-4-3-7-13(15)17-18-14-9-11-5-1-2-6-12(11)10-16(14)20;19-14-8-4-3-7-13(14)17-18-16-12-6-2-1-5-11(12)9-10-15(16)20;2*1-4(6)3-5(2)7;;/h2*1-10,19-20H;2*3H2,1-2H3;;/q;;;;+1;+3/p-4. The number of hydrogen-bond donors (Lipinski definition) is 0. The molecule has 0 atom stereocenters. The molecule has 56 heavy (non-hydrogen) atoms. The zero-order valence-electron chi connectivity index (χ0n) is 31.2. The second-order valence-corrected chi connectivity index (χ2v) is 15.7. The molecule has 0 aromatic heterocycles. The van der Waals surface area contributed by atoms with E-state index in [2.05, 4.69) is 20.5 Å². The van der Waals surface area contributed by atoms with Crippen molar-refractivity contribution in [2.24, 2.45) is 20.5 Å². The van der Waals surface area contributed by atoms with Crippen molar-refractivity contribution in [3.05, 3.63) is 121 Å². The third-order valence-electron chi connectivity index (χ3n) is 7.74. The zero-order chi connectivity index (χ0) is 40.0. The number of Topliss-reactive ketones (excluding diaryl/α,β-unsaturated/α-hetero) is 4. The summed E-state index contributed by atoms with van der Waals surface area (Å²) in [6.45, 7) is 5.62. The van der Waals surface area contributed by atoms with E-state index in [1.807, 2.05) is 121 Å². The number of rotatable bonds is 9. The quantitative estimate of drug-likeness (QED) is 0.0790. The number of carbonyl (C=O) groups excluding carboxylic acids is 4. The van der Waals surface area contributed by atoms with Crippen molar-refractivity contribution in [2.75, 3.05) is 0 Å². The van der Waals surface area contributed by atoms with Gasteiger partial charge in [0.05, 0.1) is 12.8 Å². The fourth-order valence-corrected chi connectivity index (χ4v) is 8.63. The van der Waals surface area contributed by atoms with Gasteiger partial charge in [0.1, 0.15) is 23.1 Å². The molecule has 0 amide bonds. The van der Waals surface area contributed by atoms with Gasteiger partial charge < -0.3 is 0 Å². The molecular weight excluding hydrogens is 828 g/mol. The van der Waals surface area contributed by atoms with E-state index >= 15 is 0 Å². The molecule has 1 aliphatic rings. The van der Waals surface area contributed by atoms with Crippen molar-refractivity contribution < 1.29 is 33.3 Å². The van der Waals surface area contributed by atoms with Gasteiger partial charge in [0.15, 0.2) is 0 Å². The Hall–Kier alpha value is -5.81. The molecule has 278 valence electrons. The minimum absolute atomic E-state index is 0.0625. The van der Waals surface area contributed by atoms with Crippen LogP contribution in [0.2, 0.25) is 0 Å². The number of ketones is 4. The summed E-state index contributed by atoms with van der Waals surface area (Å²) in [7, 11) is 0. The first-order chi connectivity index (χ1) is 27.0. The molecule has 14 heteroatoms. The monoisotopic (exact) mass is 862 g/mol. The summed E-state index contributed by atoms with van der Waals surface area (Å²) >= 11 is -2.41. The van der Waals surface area contributed by atoms with E-state index in [1.54, 1.807) is 0 Å². The van der Waals surface area contributed by atoms with Crippen molar-refractivity contribution in [1.29, 1.82) is 0 Å². The number of hydrogen-bond acceptors (Lipinski definition) is 12. The second-order valence-electron chi connectivity index (χ2n) is 12.6. The number of benzene rings is 6. The van der Waals surface area contributed by atoms with Crippen molar-refractivity contribution in [1.82, 2.24) is 0 Å². The van der Waals surface area contributed by atoms with Gasteiger partial charge in [-0.25, -0.2) is 0 Å². The van der Waals surface area contributed by atoms with E-state index in [4.69, 9.17) is 14.1 Å². The van der Waals surface area contributed by atoms with E-state index in [0.29, 0.717) is 45.7 Å². The maximum absolute atomic E-state index is 10.0. The summed E-state index contributed by atoms with van der Waals surface area (Å²) in [5, 5.41) is 22.3. The first-order valence-corrected chi connectivity index (χ1v) is 21.4. The van der Waals surface area contributed by atoms with Crippen LogP contribution in [-0.2, 0) is 19.2 Å². The van der Waals surface area contributed by atoms with Gasteiger partial charge in [0.25, 0.3) is 0 Å². The Morgan fingerprint density at radius 3 is 1.80 bits per heavy atom. The third-order valence-corrected chi connectivity index (χ3v) is 11.1. The van der Waals surface area contributed by atoms with Crippen LogP contribution in [0.4, 0.5) is 22.7 Å². The Morgan fingerprint density at radius 1 is 0.589 bits per heavy atom.